The monoisotopic (exact) mass is 260 g/mol. The van der Waals surface area contributed by atoms with Crippen molar-refractivity contribution >= 4 is 16.8 Å². The summed E-state index contributed by atoms with van der Waals surface area (Å²) in [5.41, 5.74) is 0.191. The summed E-state index contributed by atoms with van der Waals surface area (Å²) < 4.78 is 19.0. The van der Waals surface area contributed by atoms with Gasteiger partial charge in [-0.1, -0.05) is 32.4 Å². The molecule has 0 saturated heterocycles. The van der Waals surface area contributed by atoms with Gasteiger partial charge >= 0.3 is 0 Å². The summed E-state index contributed by atoms with van der Waals surface area (Å²) in [4.78, 5) is 12.5. The van der Waals surface area contributed by atoms with Crippen LogP contribution in [-0.2, 0) is 0 Å². The normalized spacial score (nSPS) is 21.9. The van der Waals surface area contributed by atoms with E-state index in [0.29, 0.717) is 11.1 Å². The molecule has 2 nitrogen and oxygen atoms in total. The summed E-state index contributed by atoms with van der Waals surface area (Å²) in [6.07, 6.45) is 3.02. The zero-order valence-electron chi connectivity index (χ0n) is 11.2. The van der Waals surface area contributed by atoms with Gasteiger partial charge in [0.2, 0.25) is 5.78 Å². The summed E-state index contributed by atoms with van der Waals surface area (Å²) in [5, 5.41) is 0.652. The SMILES string of the molecule is CC1(C)CCCC1C(=O)c1cc2cccc(F)c2o1. The summed E-state index contributed by atoms with van der Waals surface area (Å²) in [5.74, 6) is -0.128. The lowest BCUT2D eigenvalue weighted by Gasteiger charge is -2.24. The molecule has 1 atom stereocenters. The molecule has 0 spiro atoms. The molecule has 1 unspecified atom stereocenters. The van der Waals surface area contributed by atoms with Crippen molar-refractivity contribution in [2.45, 2.75) is 33.1 Å². The number of rotatable bonds is 2. The third kappa shape index (κ3) is 1.97. The Kier molecular flexibility index (Phi) is 2.73. The van der Waals surface area contributed by atoms with Gasteiger partial charge in [-0.25, -0.2) is 4.39 Å². The molecule has 0 amide bonds. The Bertz CT molecular complexity index is 639. The first-order valence-electron chi connectivity index (χ1n) is 6.71. The van der Waals surface area contributed by atoms with Crippen molar-refractivity contribution in [2.75, 3.05) is 0 Å². The minimum Gasteiger partial charge on any atom is -0.450 e. The lowest BCUT2D eigenvalue weighted by molar-refractivity contribution is 0.0811. The Morgan fingerprint density at radius 1 is 1.42 bits per heavy atom. The number of carbonyl (C=O) groups is 1. The summed E-state index contributed by atoms with van der Waals surface area (Å²) in [6.45, 7) is 4.23. The molecule has 100 valence electrons. The van der Waals surface area contributed by atoms with Crippen molar-refractivity contribution in [3.63, 3.8) is 0 Å². The highest BCUT2D eigenvalue weighted by Gasteiger charge is 2.40. The number of benzene rings is 1. The molecular formula is C16H17FO2. The van der Waals surface area contributed by atoms with Gasteiger partial charge in [0.15, 0.2) is 17.2 Å². The summed E-state index contributed by atoms with van der Waals surface area (Å²) >= 11 is 0. The number of ketones is 1. The molecule has 3 rings (SSSR count). The fraction of sp³-hybridized carbons (Fsp3) is 0.438. The molecule has 1 heterocycles. The van der Waals surface area contributed by atoms with E-state index in [1.165, 1.54) is 6.07 Å². The Balaban J connectivity index is 2.00. The van der Waals surface area contributed by atoms with E-state index in [-0.39, 0.29) is 22.7 Å². The van der Waals surface area contributed by atoms with E-state index < -0.39 is 5.82 Å². The second-order valence-corrected chi connectivity index (χ2v) is 6.07. The van der Waals surface area contributed by atoms with Gasteiger partial charge in [0, 0.05) is 11.3 Å². The minimum atomic E-state index is -0.415. The van der Waals surface area contributed by atoms with Crippen LogP contribution in [0.1, 0.15) is 43.7 Å². The van der Waals surface area contributed by atoms with Gasteiger partial charge in [0.1, 0.15) is 0 Å². The van der Waals surface area contributed by atoms with Crippen LogP contribution in [0.4, 0.5) is 4.39 Å². The fourth-order valence-electron chi connectivity index (χ4n) is 3.13. The number of furan rings is 1. The largest absolute Gasteiger partial charge is 0.450 e. The first kappa shape index (κ1) is 12.4. The standard InChI is InChI=1S/C16H17FO2/c1-16(2)8-4-6-11(16)14(18)13-9-10-5-3-7-12(17)15(10)19-13/h3,5,7,9,11H,4,6,8H2,1-2H3. The average molecular weight is 260 g/mol. The number of hydrogen-bond donors (Lipinski definition) is 0. The highest BCUT2D eigenvalue weighted by molar-refractivity contribution is 5.99. The zero-order chi connectivity index (χ0) is 13.6. The maximum absolute atomic E-state index is 13.6. The molecule has 0 N–H and O–H groups in total. The average Bonchev–Trinajstić information content (AvgIpc) is 2.92. The lowest BCUT2D eigenvalue weighted by atomic mass is 9.79. The predicted molar refractivity (Wildman–Crippen MR) is 71.6 cm³/mol. The second kappa shape index (κ2) is 4.19. The minimum absolute atomic E-state index is 0.00853. The number of hydrogen-bond acceptors (Lipinski definition) is 2. The highest BCUT2D eigenvalue weighted by atomic mass is 19.1. The van der Waals surface area contributed by atoms with Crippen LogP contribution < -0.4 is 0 Å². The molecule has 2 aromatic rings. The van der Waals surface area contributed by atoms with Crippen LogP contribution in [0.3, 0.4) is 0 Å². The van der Waals surface area contributed by atoms with Crippen molar-refractivity contribution in [1.29, 1.82) is 0 Å². The van der Waals surface area contributed by atoms with Gasteiger partial charge in [0.05, 0.1) is 0 Å². The summed E-state index contributed by atoms with van der Waals surface area (Å²) in [7, 11) is 0. The first-order valence-corrected chi connectivity index (χ1v) is 6.71. The topological polar surface area (TPSA) is 30.2 Å². The van der Waals surface area contributed by atoms with Gasteiger partial charge in [0.25, 0.3) is 0 Å². The molecule has 0 aliphatic heterocycles. The molecule has 0 radical (unpaired) electrons. The van der Waals surface area contributed by atoms with E-state index in [9.17, 15) is 9.18 Å². The quantitative estimate of drug-likeness (QED) is 0.740. The van der Waals surface area contributed by atoms with Crippen molar-refractivity contribution < 1.29 is 13.6 Å². The van der Waals surface area contributed by atoms with Crippen molar-refractivity contribution in [3.05, 3.63) is 35.8 Å². The van der Waals surface area contributed by atoms with E-state index in [1.54, 1.807) is 18.2 Å². The third-order valence-corrected chi connectivity index (χ3v) is 4.31. The van der Waals surface area contributed by atoms with E-state index in [0.717, 1.165) is 19.3 Å². The third-order valence-electron chi connectivity index (χ3n) is 4.31. The van der Waals surface area contributed by atoms with Gasteiger partial charge in [-0.2, -0.15) is 0 Å². The molecule has 1 saturated carbocycles. The van der Waals surface area contributed by atoms with Crippen LogP contribution >= 0.6 is 0 Å². The smallest absolute Gasteiger partial charge is 0.201 e. The molecular weight excluding hydrogens is 243 g/mol. The molecule has 1 aliphatic rings. The van der Waals surface area contributed by atoms with Crippen molar-refractivity contribution in [3.8, 4) is 0 Å². The Morgan fingerprint density at radius 3 is 2.84 bits per heavy atom. The maximum atomic E-state index is 13.6. The Labute approximate surface area is 111 Å². The molecule has 3 heteroatoms. The van der Waals surface area contributed by atoms with Crippen LogP contribution in [0.2, 0.25) is 0 Å². The van der Waals surface area contributed by atoms with Crippen molar-refractivity contribution in [2.24, 2.45) is 11.3 Å². The maximum Gasteiger partial charge on any atom is 0.201 e. The van der Waals surface area contributed by atoms with Crippen LogP contribution in [0.5, 0.6) is 0 Å². The predicted octanol–water partition coefficient (Wildman–Crippen LogP) is 4.58. The second-order valence-electron chi connectivity index (χ2n) is 6.07. The van der Waals surface area contributed by atoms with Gasteiger partial charge in [-0.15, -0.1) is 0 Å². The molecule has 1 aromatic heterocycles. The van der Waals surface area contributed by atoms with Crippen LogP contribution in [0.15, 0.2) is 28.7 Å². The Hall–Kier alpha value is -1.64. The number of Topliss-reactive ketones (excluding diaryl/α,β-unsaturated/α-hetero) is 1. The van der Waals surface area contributed by atoms with E-state index in [2.05, 4.69) is 13.8 Å². The van der Waals surface area contributed by atoms with Gasteiger partial charge in [-0.3, -0.25) is 4.79 Å². The number of para-hydroxylation sites is 1. The van der Waals surface area contributed by atoms with E-state index in [4.69, 9.17) is 4.42 Å². The fourth-order valence-corrected chi connectivity index (χ4v) is 3.13. The zero-order valence-corrected chi connectivity index (χ0v) is 11.2. The molecule has 1 aliphatic carbocycles. The van der Waals surface area contributed by atoms with Crippen molar-refractivity contribution in [1.82, 2.24) is 0 Å². The lowest BCUT2D eigenvalue weighted by Crippen LogP contribution is -2.25. The Morgan fingerprint density at radius 2 is 2.21 bits per heavy atom. The van der Waals surface area contributed by atoms with Gasteiger partial charge in [-0.05, 0) is 30.4 Å². The molecule has 1 aromatic carbocycles. The number of fused-ring (bicyclic) bond motifs is 1. The van der Waals surface area contributed by atoms with E-state index in [1.807, 2.05) is 0 Å². The van der Waals surface area contributed by atoms with Crippen LogP contribution in [-0.4, -0.2) is 5.78 Å². The highest BCUT2D eigenvalue weighted by Crippen LogP contribution is 2.44. The van der Waals surface area contributed by atoms with Crippen LogP contribution in [0, 0.1) is 17.2 Å². The van der Waals surface area contributed by atoms with Gasteiger partial charge < -0.3 is 4.42 Å². The number of carbonyl (C=O) groups excluding carboxylic acids is 1. The number of halogens is 1. The molecule has 19 heavy (non-hydrogen) atoms. The summed E-state index contributed by atoms with van der Waals surface area (Å²) in [6, 6.07) is 6.40. The molecule has 0 bridgehead atoms. The van der Waals surface area contributed by atoms with E-state index >= 15 is 0 Å². The molecule has 1 fully saturated rings. The van der Waals surface area contributed by atoms with Crippen LogP contribution in [0.25, 0.3) is 11.0 Å². The first-order chi connectivity index (χ1) is 8.99.